The summed E-state index contributed by atoms with van der Waals surface area (Å²) in [5, 5.41) is 9.73. The minimum Gasteiger partial charge on any atom is -0.389 e. The van der Waals surface area contributed by atoms with Gasteiger partial charge in [0.05, 0.1) is 6.10 Å². The van der Waals surface area contributed by atoms with Crippen LogP contribution in [0.3, 0.4) is 0 Å². The fraction of sp³-hybridized carbons (Fsp3) is 0.250. The minimum atomic E-state index is -0.788. The normalized spacial score (nSPS) is 12.2. The summed E-state index contributed by atoms with van der Waals surface area (Å²) >= 11 is 0. The van der Waals surface area contributed by atoms with Crippen LogP contribution in [-0.2, 0) is 6.54 Å². The summed E-state index contributed by atoms with van der Waals surface area (Å²) in [4.78, 5) is 1.79. The van der Waals surface area contributed by atoms with Gasteiger partial charge in [-0.2, -0.15) is 0 Å². The molecule has 0 amide bonds. The summed E-state index contributed by atoms with van der Waals surface area (Å²) in [7, 11) is 1.78. The monoisotopic (exact) mass is 277 g/mol. The second kappa shape index (κ2) is 6.01. The van der Waals surface area contributed by atoms with Gasteiger partial charge in [-0.25, -0.2) is 8.78 Å². The van der Waals surface area contributed by atoms with Gasteiger partial charge in [0.2, 0.25) is 0 Å². The average molecular weight is 277 g/mol. The minimum absolute atomic E-state index is 0.278. The molecular formula is C16H17F2NO. The second-order valence-electron chi connectivity index (χ2n) is 4.83. The van der Waals surface area contributed by atoms with Crippen LogP contribution in [0.5, 0.6) is 0 Å². The molecule has 20 heavy (non-hydrogen) atoms. The third-order valence-corrected chi connectivity index (χ3v) is 3.22. The molecule has 0 radical (unpaired) electrons. The molecule has 2 aromatic rings. The molecule has 0 aromatic heterocycles. The average Bonchev–Trinajstić information content (AvgIpc) is 2.41. The lowest BCUT2D eigenvalue weighted by atomic mass is 10.1. The highest BCUT2D eigenvalue weighted by atomic mass is 19.1. The predicted molar refractivity (Wildman–Crippen MR) is 75.5 cm³/mol. The summed E-state index contributed by atoms with van der Waals surface area (Å²) in [5.41, 5.74) is 1.73. The quantitative estimate of drug-likeness (QED) is 0.922. The topological polar surface area (TPSA) is 23.5 Å². The van der Waals surface area contributed by atoms with Crippen molar-refractivity contribution in [1.29, 1.82) is 0 Å². The van der Waals surface area contributed by atoms with Crippen molar-refractivity contribution >= 4 is 5.69 Å². The number of halogens is 2. The molecule has 0 saturated carbocycles. The lowest BCUT2D eigenvalue weighted by molar-refractivity contribution is 0.199. The Morgan fingerprint density at radius 2 is 1.85 bits per heavy atom. The highest BCUT2D eigenvalue weighted by molar-refractivity contribution is 5.54. The molecule has 0 heterocycles. The maximum atomic E-state index is 13.7. The summed E-state index contributed by atoms with van der Waals surface area (Å²) < 4.78 is 26.9. The third-order valence-electron chi connectivity index (χ3n) is 3.22. The lowest BCUT2D eigenvalue weighted by Crippen LogP contribution is -2.19. The zero-order valence-electron chi connectivity index (χ0n) is 11.5. The summed E-state index contributed by atoms with van der Waals surface area (Å²) in [6, 6.07) is 10.8. The van der Waals surface area contributed by atoms with Gasteiger partial charge in [0.15, 0.2) is 0 Å². The molecule has 2 nitrogen and oxygen atoms in total. The molecule has 0 saturated heterocycles. The molecule has 106 valence electrons. The largest absolute Gasteiger partial charge is 0.389 e. The Kier molecular flexibility index (Phi) is 4.35. The van der Waals surface area contributed by atoms with Gasteiger partial charge in [-0.05, 0) is 31.2 Å². The molecule has 0 spiro atoms. The van der Waals surface area contributed by atoms with Gasteiger partial charge in [-0.3, -0.25) is 0 Å². The van der Waals surface area contributed by atoms with E-state index < -0.39 is 11.9 Å². The van der Waals surface area contributed by atoms with Crippen LogP contribution in [0.1, 0.15) is 24.2 Å². The zero-order chi connectivity index (χ0) is 14.7. The van der Waals surface area contributed by atoms with Crippen molar-refractivity contribution < 1.29 is 13.9 Å². The Morgan fingerprint density at radius 1 is 1.15 bits per heavy atom. The number of aliphatic hydroxyl groups excluding tert-OH is 1. The fourth-order valence-electron chi connectivity index (χ4n) is 2.17. The van der Waals surface area contributed by atoms with E-state index in [1.807, 2.05) is 0 Å². The van der Waals surface area contributed by atoms with Gasteiger partial charge in [-0.1, -0.05) is 18.2 Å². The van der Waals surface area contributed by atoms with Crippen LogP contribution in [0, 0.1) is 11.6 Å². The van der Waals surface area contributed by atoms with E-state index in [2.05, 4.69) is 0 Å². The van der Waals surface area contributed by atoms with Crippen LogP contribution in [0.15, 0.2) is 42.5 Å². The van der Waals surface area contributed by atoms with Crippen LogP contribution in [0.2, 0.25) is 0 Å². The van der Waals surface area contributed by atoms with E-state index in [-0.39, 0.29) is 5.82 Å². The molecule has 1 N–H and O–H groups in total. The van der Waals surface area contributed by atoms with Crippen molar-refractivity contribution in [1.82, 2.24) is 0 Å². The van der Waals surface area contributed by atoms with Crippen molar-refractivity contribution in [2.45, 2.75) is 19.6 Å². The number of hydrogen-bond acceptors (Lipinski definition) is 2. The van der Waals surface area contributed by atoms with Crippen LogP contribution in [-0.4, -0.2) is 12.2 Å². The van der Waals surface area contributed by atoms with E-state index in [1.54, 1.807) is 43.1 Å². The molecule has 0 aliphatic rings. The first-order valence-corrected chi connectivity index (χ1v) is 6.41. The van der Waals surface area contributed by atoms with E-state index in [0.717, 1.165) is 0 Å². The van der Waals surface area contributed by atoms with E-state index in [4.69, 9.17) is 0 Å². The lowest BCUT2D eigenvalue weighted by Gasteiger charge is -2.24. The van der Waals surface area contributed by atoms with Crippen molar-refractivity contribution in [3.63, 3.8) is 0 Å². The van der Waals surface area contributed by atoms with Crippen molar-refractivity contribution in [2.24, 2.45) is 0 Å². The molecule has 0 fully saturated rings. The highest BCUT2D eigenvalue weighted by Crippen LogP contribution is 2.27. The van der Waals surface area contributed by atoms with E-state index in [1.165, 1.54) is 18.2 Å². The molecule has 2 aromatic carbocycles. The first-order chi connectivity index (χ1) is 9.49. The van der Waals surface area contributed by atoms with Crippen molar-refractivity contribution in [3.8, 4) is 0 Å². The molecule has 0 aliphatic carbocycles. The first-order valence-electron chi connectivity index (χ1n) is 6.41. The number of aliphatic hydroxyl groups is 1. The van der Waals surface area contributed by atoms with Gasteiger partial charge < -0.3 is 10.0 Å². The summed E-state index contributed by atoms with van der Waals surface area (Å²) in [6.07, 6.45) is -0.788. The fourth-order valence-corrected chi connectivity index (χ4v) is 2.17. The van der Waals surface area contributed by atoms with Crippen LogP contribution in [0.4, 0.5) is 14.5 Å². The van der Waals surface area contributed by atoms with Crippen LogP contribution < -0.4 is 4.90 Å². The van der Waals surface area contributed by atoms with Gasteiger partial charge >= 0.3 is 0 Å². The zero-order valence-corrected chi connectivity index (χ0v) is 11.5. The Morgan fingerprint density at radius 3 is 2.50 bits per heavy atom. The van der Waals surface area contributed by atoms with E-state index in [0.29, 0.717) is 23.4 Å². The molecule has 1 atom stereocenters. The molecule has 0 unspecified atom stereocenters. The Bertz CT molecular complexity index is 599. The number of benzene rings is 2. The number of anilines is 1. The van der Waals surface area contributed by atoms with Gasteiger partial charge in [0.1, 0.15) is 11.6 Å². The molecule has 4 heteroatoms. The maximum absolute atomic E-state index is 13.7. The standard InChI is InChI=1S/C16H17F2NO/c1-11(20)14-9-13(17)7-8-16(14)19(2)10-12-5-3-4-6-15(12)18/h3-9,11,20H,10H2,1-2H3/t11-/m1/s1. The summed E-state index contributed by atoms with van der Waals surface area (Å²) in [5.74, 6) is -0.677. The highest BCUT2D eigenvalue weighted by Gasteiger charge is 2.14. The second-order valence-corrected chi connectivity index (χ2v) is 4.83. The number of rotatable bonds is 4. The predicted octanol–water partition coefficient (Wildman–Crippen LogP) is 3.65. The van der Waals surface area contributed by atoms with E-state index >= 15 is 0 Å². The third kappa shape index (κ3) is 3.14. The Hall–Kier alpha value is -1.94. The Labute approximate surface area is 117 Å². The number of hydrogen-bond donors (Lipinski definition) is 1. The molecule has 2 rings (SSSR count). The van der Waals surface area contributed by atoms with Gasteiger partial charge in [0, 0.05) is 30.4 Å². The van der Waals surface area contributed by atoms with Gasteiger partial charge in [-0.15, -0.1) is 0 Å². The van der Waals surface area contributed by atoms with Crippen LogP contribution in [0.25, 0.3) is 0 Å². The molecule has 0 bridgehead atoms. The summed E-state index contributed by atoms with van der Waals surface area (Å²) in [6.45, 7) is 1.92. The molecule has 0 aliphatic heterocycles. The first kappa shape index (κ1) is 14.5. The smallest absolute Gasteiger partial charge is 0.128 e. The molecular weight excluding hydrogens is 260 g/mol. The van der Waals surface area contributed by atoms with Crippen molar-refractivity contribution in [3.05, 3.63) is 65.2 Å². The SMILES string of the molecule is C[C@@H](O)c1cc(F)ccc1N(C)Cc1ccccc1F. The number of nitrogens with zero attached hydrogens (tertiary/aromatic N) is 1. The maximum Gasteiger partial charge on any atom is 0.128 e. The Balaban J connectivity index is 2.30. The van der Waals surface area contributed by atoms with Crippen molar-refractivity contribution in [2.75, 3.05) is 11.9 Å². The van der Waals surface area contributed by atoms with Crippen LogP contribution >= 0.6 is 0 Å². The van der Waals surface area contributed by atoms with E-state index in [9.17, 15) is 13.9 Å². The van der Waals surface area contributed by atoms with Gasteiger partial charge in [0.25, 0.3) is 0 Å².